The Morgan fingerprint density at radius 1 is 0.229 bits per heavy atom. The first-order valence-corrected chi connectivity index (χ1v) is 26.2. The summed E-state index contributed by atoms with van der Waals surface area (Å²) in [6, 6.07) is 101. The van der Waals surface area contributed by atoms with Crippen LogP contribution in [-0.4, -0.2) is 21.8 Å². The molecule has 0 spiro atoms. The van der Waals surface area contributed by atoms with Crippen molar-refractivity contribution in [3.05, 3.63) is 273 Å². The van der Waals surface area contributed by atoms with E-state index in [-0.39, 0.29) is 0 Å². The van der Waals surface area contributed by atoms with Crippen molar-refractivity contribution < 1.29 is 0 Å². The van der Waals surface area contributed by atoms with Gasteiger partial charge < -0.3 is 13.7 Å². The number of para-hydroxylation sites is 5. The summed E-state index contributed by atoms with van der Waals surface area (Å²) in [5.74, 6) is 0. The Balaban J connectivity index is 0.989. The number of rotatable bonds is 8. The predicted molar refractivity (Wildman–Crippen MR) is 299 cm³/mol. The summed E-state index contributed by atoms with van der Waals surface area (Å²) in [4.78, 5) is 0. The van der Waals surface area contributed by atoms with Crippen LogP contribution in [0.3, 0.4) is 0 Å². The van der Waals surface area contributed by atoms with Crippen LogP contribution in [0.1, 0.15) is 0 Å². The molecule has 0 atom stereocenters. The van der Waals surface area contributed by atoms with Gasteiger partial charge in [0, 0.05) is 43.7 Å². The van der Waals surface area contributed by atoms with Crippen molar-refractivity contribution in [1.29, 1.82) is 0 Å². The van der Waals surface area contributed by atoms with Gasteiger partial charge >= 0.3 is 0 Å². The van der Waals surface area contributed by atoms with E-state index in [0.717, 1.165) is 17.1 Å². The smallest absolute Gasteiger partial charge is 0.179 e. The Hall–Kier alpha value is -8.96. The zero-order chi connectivity index (χ0) is 46.2. The Morgan fingerprint density at radius 3 is 1.13 bits per heavy atom. The zero-order valence-corrected chi connectivity index (χ0v) is 39.3. The van der Waals surface area contributed by atoms with Gasteiger partial charge in [0.05, 0.1) is 38.8 Å². The molecule has 328 valence electrons. The van der Waals surface area contributed by atoms with Gasteiger partial charge in [0.1, 0.15) is 0 Å². The second-order valence-corrected chi connectivity index (χ2v) is 22.2. The predicted octanol–water partition coefficient (Wildman–Crippen LogP) is 14.0. The molecular weight excluding hydrogens is 863 g/mol. The summed E-state index contributed by atoms with van der Waals surface area (Å²) in [6.07, 6.45) is 0. The molecule has 3 aromatic heterocycles. The van der Waals surface area contributed by atoms with Crippen LogP contribution in [0.4, 0.5) is 0 Å². The molecule has 3 heterocycles. The largest absolute Gasteiger partial charge is 0.309 e. The monoisotopic (exact) mass is 907 g/mol. The number of fused-ring (bicyclic) bond motifs is 9. The van der Waals surface area contributed by atoms with Crippen molar-refractivity contribution in [2.24, 2.45) is 0 Å². The minimum Gasteiger partial charge on any atom is -0.309 e. The van der Waals surface area contributed by atoms with Crippen LogP contribution in [0.5, 0.6) is 0 Å². The van der Waals surface area contributed by atoms with Crippen LogP contribution in [0, 0.1) is 0 Å². The maximum atomic E-state index is 2.51. The van der Waals surface area contributed by atoms with Crippen molar-refractivity contribution in [2.45, 2.75) is 0 Å². The molecule has 0 radical (unpaired) electrons. The average Bonchev–Trinajstić information content (AvgIpc) is 4.08. The van der Waals surface area contributed by atoms with Crippen LogP contribution in [0.15, 0.2) is 273 Å². The zero-order valence-electron chi connectivity index (χ0n) is 38.3. The fourth-order valence-electron chi connectivity index (χ4n) is 11.8. The molecular formula is C66H45N3Si. The highest BCUT2D eigenvalue weighted by Gasteiger charge is 2.41. The summed E-state index contributed by atoms with van der Waals surface area (Å²) in [6.45, 7) is 0. The molecule has 0 aliphatic rings. The molecule has 0 fully saturated rings. The Morgan fingerprint density at radius 2 is 0.600 bits per heavy atom. The van der Waals surface area contributed by atoms with Crippen molar-refractivity contribution >= 4 is 94.2 Å². The van der Waals surface area contributed by atoms with Crippen molar-refractivity contribution in [1.82, 2.24) is 13.7 Å². The first-order chi connectivity index (χ1) is 34.8. The fraction of sp³-hybridized carbons (Fsp3) is 0. The van der Waals surface area contributed by atoms with Crippen molar-refractivity contribution in [2.75, 3.05) is 0 Å². The summed E-state index contributed by atoms with van der Waals surface area (Å²) < 4.78 is 7.42. The van der Waals surface area contributed by atoms with Crippen molar-refractivity contribution in [3.8, 4) is 28.2 Å². The first-order valence-electron chi connectivity index (χ1n) is 24.2. The van der Waals surface area contributed by atoms with E-state index in [2.05, 4.69) is 287 Å². The van der Waals surface area contributed by atoms with E-state index >= 15 is 0 Å². The second-order valence-electron chi connectivity index (χ2n) is 18.4. The third-order valence-corrected chi connectivity index (χ3v) is 19.6. The fourth-order valence-corrected chi connectivity index (χ4v) is 16.5. The molecule has 0 bridgehead atoms. The van der Waals surface area contributed by atoms with Gasteiger partial charge in [-0.1, -0.05) is 212 Å². The highest BCUT2D eigenvalue weighted by Crippen LogP contribution is 2.41. The molecule has 0 amide bonds. The van der Waals surface area contributed by atoms with Gasteiger partial charge in [0.2, 0.25) is 0 Å². The van der Waals surface area contributed by atoms with Crippen LogP contribution in [0.25, 0.3) is 93.6 Å². The van der Waals surface area contributed by atoms with Crippen LogP contribution in [0.2, 0.25) is 0 Å². The van der Waals surface area contributed by atoms with Gasteiger partial charge in [-0.3, -0.25) is 0 Å². The molecule has 0 aliphatic carbocycles. The number of nitrogens with zero attached hydrogens (tertiary/aromatic N) is 3. The van der Waals surface area contributed by atoms with E-state index in [0.29, 0.717) is 0 Å². The molecule has 0 N–H and O–H groups in total. The maximum absolute atomic E-state index is 2.72. The number of hydrogen-bond donors (Lipinski definition) is 0. The molecule has 0 saturated heterocycles. The highest BCUT2D eigenvalue weighted by molar-refractivity contribution is 7.19. The molecule has 3 nitrogen and oxygen atoms in total. The van der Waals surface area contributed by atoms with Gasteiger partial charge in [0.15, 0.2) is 8.07 Å². The lowest BCUT2D eigenvalue weighted by atomic mass is 10.0. The van der Waals surface area contributed by atoms with E-state index < -0.39 is 8.07 Å². The van der Waals surface area contributed by atoms with E-state index in [1.807, 2.05) is 0 Å². The molecule has 14 rings (SSSR count). The maximum Gasteiger partial charge on any atom is 0.179 e. The van der Waals surface area contributed by atoms with Crippen molar-refractivity contribution in [3.63, 3.8) is 0 Å². The Labute approximate surface area is 407 Å². The Kier molecular flexibility index (Phi) is 9.23. The summed E-state index contributed by atoms with van der Waals surface area (Å²) in [5.41, 5.74) is 12.9. The van der Waals surface area contributed by atoms with E-state index in [1.54, 1.807) is 0 Å². The quantitative estimate of drug-likeness (QED) is 0.107. The van der Waals surface area contributed by atoms with E-state index in [1.165, 1.54) is 97.3 Å². The number of aromatic nitrogens is 3. The normalized spacial score (nSPS) is 12.0. The molecule has 4 heteroatoms. The SMILES string of the molecule is c1ccc(-n2c3ccccc3c3ccc(-c4ccc5c6ccccc6n(-c6cccc7c8ccccc8n(-c8ccc([Si](c9ccccc9)(c9ccccc9)c9ccccc9)cc8)c67)c5c4)cc32)cc1. The molecule has 0 unspecified atom stereocenters. The lowest BCUT2D eigenvalue weighted by Crippen LogP contribution is -2.74. The highest BCUT2D eigenvalue weighted by atomic mass is 28.3. The topological polar surface area (TPSA) is 14.8 Å². The van der Waals surface area contributed by atoms with E-state index in [9.17, 15) is 0 Å². The number of hydrogen-bond acceptors (Lipinski definition) is 0. The van der Waals surface area contributed by atoms with Crippen LogP contribution in [-0.2, 0) is 0 Å². The average molecular weight is 908 g/mol. The first kappa shape index (κ1) is 40.1. The lowest BCUT2D eigenvalue weighted by Gasteiger charge is -2.34. The Bertz CT molecular complexity index is 4170. The number of benzene rings is 11. The third-order valence-electron chi connectivity index (χ3n) is 14.8. The van der Waals surface area contributed by atoms with Crippen LogP contribution < -0.4 is 20.7 Å². The lowest BCUT2D eigenvalue weighted by molar-refractivity contribution is 1.13. The molecule has 0 saturated carbocycles. The van der Waals surface area contributed by atoms with E-state index in [4.69, 9.17) is 0 Å². The third kappa shape index (κ3) is 6.00. The van der Waals surface area contributed by atoms with Crippen LogP contribution >= 0.6 is 0 Å². The minimum absolute atomic E-state index is 1.13. The molecule has 11 aromatic carbocycles. The summed E-state index contributed by atoms with van der Waals surface area (Å²) in [7, 11) is -2.72. The molecule has 0 aliphatic heterocycles. The van der Waals surface area contributed by atoms with Gasteiger partial charge in [-0.15, -0.1) is 0 Å². The van der Waals surface area contributed by atoms with Gasteiger partial charge in [-0.05, 0) is 92.5 Å². The van der Waals surface area contributed by atoms with Gasteiger partial charge in [-0.2, -0.15) is 0 Å². The standard InChI is InChI=1S/C66H45N3Si/c1-5-20-48(21-6-1)67-60-32-16-13-28-54(60)57-42-36-46(44-64(57)67)47-37-43-58-55-29-14-18-34-62(55)69(65(58)45-47)63-35-19-31-59-56-30-15-17-33-61(56)68(66(59)63)49-38-40-53(41-39-49)70(50-22-7-2-8-23-50,51-24-9-3-10-25-51)52-26-11-4-12-27-52/h1-45H. The summed E-state index contributed by atoms with van der Waals surface area (Å²) in [5, 5.41) is 12.9. The minimum atomic E-state index is -2.72. The second kappa shape index (κ2) is 16.1. The molecule has 14 aromatic rings. The van der Waals surface area contributed by atoms with Gasteiger partial charge in [-0.25, -0.2) is 0 Å². The van der Waals surface area contributed by atoms with Gasteiger partial charge in [0.25, 0.3) is 0 Å². The summed E-state index contributed by atoms with van der Waals surface area (Å²) >= 11 is 0. The molecule has 70 heavy (non-hydrogen) atoms.